The van der Waals surface area contributed by atoms with Gasteiger partial charge in [-0.05, 0) is 44.0 Å². The number of ether oxygens (including phenoxy) is 3. The van der Waals surface area contributed by atoms with Gasteiger partial charge in [0.25, 0.3) is 5.56 Å². The average Bonchev–Trinajstić information content (AvgIpc) is 3.47. The third-order valence-electron chi connectivity index (χ3n) is 6.13. The number of rotatable bonds is 6. The van der Waals surface area contributed by atoms with Gasteiger partial charge < -0.3 is 14.2 Å². The largest absolute Gasteiger partial charge is 0.493 e. The van der Waals surface area contributed by atoms with Crippen LogP contribution in [0.1, 0.15) is 31.5 Å². The van der Waals surface area contributed by atoms with E-state index >= 15 is 0 Å². The Bertz CT molecular complexity index is 1330. The second kappa shape index (κ2) is 8.74. The van der Waals surface area contributed by atoms with Gasteiger partial charge in [-0.3, -0.25) is 18.4 Å². The van der Waals surface area contributed by atoms with Crippen LogP contribution >= 0.6 is 0 Å². The number of aryl methyl sites for hydroxylation is 1. The number of hydrogen-bond donors (Lipinski definition) is 0. The van der Waals surface area contributed by atoms with Crippen molar-refractivity contribution in [2.45, 2.75) is 32.2 Å². The minimum Gasteiger partial charge on any atom is -0.493 e. The summed E-state index contributed by atoms with van der Waals surface area (Å²) in [6.07, 6.45) is 7.15. The van der Waals surface area contributed by atoms with Crippen molar-refractivity contribution in [3.63, 3.8) is 0 Å². The van der Waals surface area contributed by atoms with E-state index in [1.165, 1.54) is 4.57 Å². The number of methoxy groups -OCH3 is 1. The van der Waals surface area contributed by atoms with Gasteiger partial charge >= 0.3 is 0 Å². The van der Waals surface area contributed by atoms with E-state index < -0.39 is 0 Å². The number of fused-ring (bicyclic) bond motifs is 1. The standard InChI is InChI=1S/C24H27N5O4/c1-4-28-14-20(31-3)22(26-28)16-5-7-18(8-6-16)33-21-15-29-19(24(30)27(21)2)13-25-23(29)17-9-11-32-12-10-17/h5-8,13-15,17H,4,9-12H2,1-3H3. The summed E-state index contributed by atoms with van der Waals surface area (Å²) in [7, 11) is 3.34. The zero-order valence-corrected chi connectivity index (χ0v) is 19.0. The summed E-state index contributed by atoms with van der Waals surface area (Å²) in [4.78, 5) is 17.5. The lowest BCUT2D eigenvalue weighted by Gasteiger charge is -2.21. The summed E-state index contributed by atoms with van der Waals surface area (Å²) in [5, 5.41) is 4.58. The van der Waals surface area contributed by atoms with E-state index in [2.05, 4.69) is 10.1 Å². The van der Waals surface area contributed by atoms with Crippen LogP contribution < -0.4 is 15.0 Å². The van der Waals surface area contributed by atoms with Crippen LogP contribution in [0.5, 0.6) is 17.4 Å². The van der Waals surface area contributed by atoms with Crippen LogP contribution in [0.4, 0.5) is 0 Å². The highest BCUT2D eigenvalue weighted by atomic mass is 16.5. The third kappa shape index (κ3) is 3.89. The molecule has 1 fully saturated rings. The number of nitrogens with zero attached hydrogens (tertiary/aromatic N) is 5. The lowest BCUT2D eigenvalue weighted by atomic mass is 10.00. The fraction of sp³-hybridized carbons (Fsp3) is 0.375. The van der Waals surface area contributed by atoms with Crippen LogP contribution in [0.15, 0.2) is 47.7 Å². The second-order valence-electron chi connectivity index (χ2n) is 8.12. The van der Waals surface area contributed by atoms with Crippen molar-refractivity contribution in [3.05, 3.63) is 59.0 Å². The van der Waals surface area contributed by atoms with Crippen molar-refractivity contribution in [2.75, 3.05) is 20.3 Å². The van der Waals surface area contributed by atoms with E-state index in [-0.39, 0.29) is 11.5 Å². The van der Waals surface area contributed by atoms with Gasteiger partial charge in [0, 0.05) is 38.3 Å². The molecule has 0 saturated carbocycles. The van der Waals surface area contributed by atoms with Gasteiger partial charge in [0.05, 0.1) is 25.7 Å². The first-order valence-corrected chi connectivity index (χ1v) is 11.1. The molecule has 0 unspecified atom stereocenters. The van der Waals surface area contributed by atoms with Crippen molar-refractivity contribution in [1.29, 1.82) is 0 Å². The molecular formula is C24H27N5O4. The van der Waals surface area contributed by atoms with Crippen molar-refractivity contribution in [3.8, 4) is 28.6 Å². The molecule has 0 atom stereocenters. The second-order valence-corrected chi connectivity index (χ2v) is 8.12. The maximum Gasteiger partial charge on any atom is 0.279 e. The van der Waals surface area contributed by atoms with E-state index in [1.807, 2.05) is 52.7 Å². The fourth-order valence-electron chi connectivity index (χ4n) is 4.21. The lowest BCUT2D eigenvalue weighted by molar-refractivity contribution is 0.0834. The lowest BCUT2D eigenvalue weighted by Crippen LogP contribution is -2.22. The normalized spacial score (nSPS) is 14.6. The van der Waals surface area contributed by atoms with Gasteiger partial charge in [0.2, 0.25) is 5.88 Å². The first-order valence-electron chi connectivity index (χ1n) is 11.1. The highest BCUT2D eigenvalue weighted by molar-refractivity contribution is 5.66. The molecule has 1 aromatic carbocycles. The molecule has 4 aromatic rings. The Kier molecular flexibility index (Phi) is 5.63. The molecule has 0 amide bonds. The van der Waals surface area contributed by atoms with Crippen molar-refractivity contribution in [2.24, 2.45) is 7.05 Å². The van der Waals surface area contributed by atoms with Crippen LogP contribution in [0.25, 0.3) is 16.8 Å². The smallest absolute Gasteiger partial charge is 0.279 e. The predicted molar refractivity (Wildman–Crippen MR) is 123 cm³/mol. The maximum atomic E-state index is 12.9. The van der Waals surface area contributed by atoms with E-state index in [0.717, 1.165) is 42.2 Å². The Hall–Kier alpha value is -3.59. The van der Waals surface area contributed by atoms with E-state index in [0.29, 0.717) is 30.4 Å². The van der Waals surface area contributed by atoms with Crippen LogP contribution in [-0.4, -0.2) is 44.1 Å². The number of imidazole rings is 1. The Labute approximate surface area is 191 Å². The Morgan fingerprint density at radius 1 is 1.15 bits per heavy atom. The molecule has 4 heterocycles. The van der Waals surface area contributed by atoms with Crippen LogP contribution in [0.3, 0.4) is 0 Å². The number of benzene rings is 1. The average molecular weight is 450 g/mol. The van der Waals surface area contributed by atoms with Gasteiger partial charge in [-0.25, -0.2) is 4.98 Å². The molecule has 0 radical (unpaired) electrons. The van der Waals surface area contributed by atoms with Gasteiger partial charge in [-0.2, -0.15) is 5.10 Å². The SMILES string of the molecule is CCn1cc(OC)c(-c2ccc(Oc3cn4c(C5CCOCC5)ncc4c(=O)n3C)cc2)n1. The van der Waals surface area contributed by atoms with Gasteiger partial charge in [0.1, 0.15) is 22.8 Å². The molecule has 0 spiro atoms. The van der Waals surface area contributed by atoms with E-state index in [9.17, 15) is 4.79 Å². The molecule has 0 N–H and O–H groups in total. The molecule has 1 aliphatic rings. The summed E-state index contributed by atoms with van der Waals surface area (Å²) in [6.45, 7) is 4.21. The summed E-state index contributed by atoms with van der Waals surface area (Å²) in [5.74, 6) is 2.93. The summed E-state index contributed by atoms with van der Waals surface area (Å²) >= 11 is 0. The van der Waals surface area contributed by atoms with Gasteiger partial charge in [0.15, 0.2) is 5.75 Å². The molecule has 1 saturated heterocycles. The maximum absolute atomic E-state index is 12.9. The first-order chi connectivity index (χ1) is 16.1. The van der Waals surface area contributed by atoms with Crippen LogP contribution in [0.2, 0.25) is 0 Å². The molecule has 172 valence electrons. The van der Waals surface area contributed by atoms with Crippen LogP contribution in [0, 0.1) is 0 Å². The first kappa shape index (κ1) is 21.3. The topological polar surface area (TPSA) is 84.8 Å². The molecule has 33 heavy (non-hydrogen) atoms. The van der Waals surface area contributed by atoms with Crippen molar-refractivity contribution in [1.82, 2.24) is 23.7 Å². The van der Waals surface area contributed by atoms with Crippen LogP contribution in [-0.2, 0) is 18.3 Å². The number of hydrogen-bond acceptors (Lipinski definition) is 6. The quantitative estimate of drug-likeness (QED) is 0.447. The molecule has 5 rings (SSSR count). The highest BCUT2D eigenvalue weighted by Crippen LogP contribution is 2.31. The monoisotopic (exact) mass is 449 g/mol. The summed E-state index contributed by atoms with van der Waals surface area (Å²) < 4.78 is 22.3. The summed E-state index contributed by atoms with van der Waals surface area (Å²) in [6, 6.07) is 7.59. The fourth-order valence-corrected chi connectivity index (χ4v) is 4.21. The molecular weight excluding hydrogens is 422 g/mol. The zero-order valence-electron chi connectivity index (χ0n) is 19.0. The minimum atomic E-state index is -0.148. The zero-order chi connectivity index (χ0) is 22.9. The predicted octanol–water partition coefficient (Wildman–Crippen LogP) is 3.61. The number of aromatic nitrogens is 5. The molecule has 1 aliphatic heterocycles. The minimum absolute atomic E-state index is 0.148. The highest BCUT2D eigenvalue weighted by Gasteiger charge is 2.22. The molecule has 0 aliphatic carbocycles. The molecule has 3 aromatic heterocycles. The summed E-state index contributed by atoms with van der Waals surface area (Å²) in [5.41, 5.74) is 2.09. The third-order valence-corrected chi connectivity index (χ3v) is 6.13. The molecule has 9 heteroatoms. The Balaban J connectivity index is 1.46. The Morgan fingerprint density at radius 3 is 2.61 bits per heavy atom. The van der Waals surface area contributed by atoms with E-state index in [4.69, 9.17) is 14.2 Å². The molecule has 0 bridgehead atoms. The van der Waals surface area contributed by atoms with Crippen molar-refractivity contribution < 1.29 is 14.2 Å². The Morgan fingerprint density at radius 2 is 1.91 bits per heavy atom. The van der Waals surface area contributed by atoms with E-state index in [1.54, 1.807) is 20.4 Å². The van der Waals surface area contributed by atoms with Gasteiger partial charge in [-0.1, -0.05) is 0 Å². The van der Waals surface area contributed by atoms with Crippen molar-refractivity contribution >= 4 is 5.52 Å². The molecule has 9 nitrogen and oxygen atoms in total. The van der Waals surface area contributed by atoms with Gasteiger partial charge in [-0.15, -0.1) is 0 Å².